The molecule has 1 aliphatic rings. The highest BCUT2D eigenvalue weighted by Crippen LogP contribution is 2.24. The molecule has 1 unspecified atom stereocenters. The van der Waals surface area contributed by atoms with Gasteiger partial charge in [-0.2, -0.15) is 0 Å². The zero-order chi connectivity index (χ0) is 22.5. The Balaban J connectivity index is 1.47. The standard InChI is InChI=1S/C24H25N5O3/c1-32-20-10-8-16(9-11-20)18-14-26-24(27-15-18)28-19-6-4-5-17(13-19)23(31)29-12-3-2-7-21(29)22(25)30/h4-6,8-11,13-15,21H,2-3,7,12H2,1H3,(H2,25,30)(H,26,27,28). The largest absolute Gasteiger partial charge is 0.497 e. The van der Waals surface area contributed by atoms with Crippen LogP contribution in [0.1, 0.15) is 29.6 Å². The van der Waals surface area contributed by atoms with Crippen molar-refractivity contribution < 1.29 is 14.3 Å². The number of carbonyl (C=O) groups excluding carboxylic acids is 2. The summed E-state index contributed by atoms with van der Waals surface area (Å²) in [6, 6.07) is 14.2. The van der Waals surface area contributed by atoms with E-state index in [-0.39, 0.29) is 5.91 Å². The van der Waals surface area contributed by atoms with Crippen molar-refractivity contribution in [1.82, 2.24) is 14.9 Å². The maximum atomic E-state index is 13.0. The van der Waals surface area contributed by atoms with E-state index < -0.39 is 11.9 Å². The summed E-state index contributed by atoms with van der Waals surface area (Å²) in [5.74, 6) is 0.541. The molecule has 4 rings (SSSR count). The molecule has 0 spiro atoms. The van der Waals surface area contributed by atoms with Gasteiger partial charge in [-0.3, -0.25) is 9.59 Å². The van der Waals surface area contributed by atoms with E-state index in [9.17, 15) is 9.59 Å². The van der Waals surface area contributed by atoms with E-state index in [1.165, 1.54) is 0 Å². The van der Waals surface area contributed by atoms with Gasteiger partial charge in [0.15, 0.2) is 0 Å². The molecule has 1 fully saturated rings. The van der Waals surface area contributed by atoms with E-state index in [1.807, 2.05) is 30.3 Å². The number of anilines is 2. The molecule has 1 saturated heterocycles. The van der Waals surface area contributed by atoms with Crippen LogP contribution in [0.15, 0.2) is 60.9 Å². The van der Waals surface area contributed by atoms with Gasteiger partial charge >= 0.3 is 0 Å². The number of amides is 2. The van der Waals surface area contributed by atoms with Gasteiger partial charge in [0.1, 0.15) is 11.8 Å². The van der Waals surface area contributed by atoms with Crippen LogP contribution in [0.2, 0.25) is 0 Å². The number of primary amides is 1. The Morgan fingerprint density at radius 3 is 2.50 bits per heavy atom. The van der Waals surface area contributed by atoms with E-state index in [4.69, 9.17) is 10.5 Å². The number of methoxy groups -OCH3 is 1. The summed E-state index contributed by atoms with van der Waals surface area (Å²) in [7, 11) is 1.63. The number of ether oxygens (including phenoxy) is 1. The van der Waals surface area contributed by atoms with Gasteiger partial charge < -0.3 is 20.7 Å². The first-order chi connectivity index (χ1) is 15.5. The molecule has 1 atom stereocenters. The average Bonchev–Trinajstić information content (AvgIpc) is 2.84. The fraction of sp³-hybridized carbons (Fsp3) is 0.250. The normalized spacial score (nSPS) is 15.8. The monoisotopic (exact) mass is 431 g/mol. The fourth-order valence-corrected chi connectivity index (χ4v) is 3.82. The van der Waals surface area contributed by atoms with Gasteiger partial charge in [-0.1, -0.05) is 18.2 Å². The predicted molar refractivity (Wildman–Crippen MR) is 122 cm³/mol. The molecule has 0 bridgehead atoms. The van der Waals surface area contributed by atoms with Crippen molar-refractivity contribution in [3.8, 4) is 16.9 Å². The number of hydrogen-bond donors (Lipinski definition) is 2. The van der Waals surface area contributed by atoms with Crippen molar-refractivity contribution in [1.29, 1.82) is 0 Å². The smallest absolute Gasteiger partial charge is 0.254 e. The second-order valence-corrected chi connectivity index (χ2v) is 7.64. The number of rotatable bonds is 6. The molecule has 8 nitrogen and oxygen atoms in total. The van der Waals surface area contributed by atoms with Gasteiger partial charge in [0.25, 0.3) is 5.91 Å². The van der Waals surface area contributed by atoms with E-state index in [0.29, 0.717) is 30.2 Å². The average molecular weight is 431 g/mol. The molecule has 3 aromatic rings. The molecule has 8 heteroatoms. The topological polar surface area (TPSA) is 110 Å². The summed E-state index contributed by atoms with van der Waals surface area (Å²) >= 11 is 0. The Morgan fingerprint density at radius 2 is 1.81 bits per heavy atom. The van der Waals surface area contributed by atoms with Crippen molar-refractivity contribution in [2.45, 2.75) is 25.3 Å². The third kappa shape index (κ3) is 4.69. The lowest BCUT2D eigenvalue weighted by atomic mass is 10.00. The van der Waals surface area contributed by atoms with Crippen LogP contribution in [0.4, 0.5) is 11.6 Å². The molecule has 32 heavy (non-hydrogen) atoms. The number of aromatic nitrogens is 2. The zero-order valence-electron chi connectivity index (χ0n) is 17.8. The van der Waals surface area contributed by atoms with Gasteiger partial charge in [-0.05, 0) is 55.2 Å². The highest BCUT2D eigenvalue weighted by molar-refractivity contribution is 5.98. The Kier molecular flexibility index (Phi) is 6.30. The van der Waals surface area contributed by atoms with Crippen LogP contribution in [-0.2, 0) is 4.79 Å². The van der Waals surface area contributed by atoms with E-state index in [1.54, 1.807) is 42.6 Å². The molecule has 0 radical (unpaired) electrons. The maximum Gasteiger partial charge on any atom is 0.254 e. The summed E-state index contributed by atoms with van der Waals surface area (Å²) < 4.78 is 5.18. The first kappa shape index (κ1) is 21.3. The Morgan fingerprint density at radius 1 is 1.06 bits per heavy atom. The van der Waals surface area contributed by atoms with Gasteiger partial charge in [-0.15, -0.1) is 0 Å². The summed E-state index contributed by atoms with van der Waals surface area (Å²) in [5.41, 5.74) is 8.53. The molecule has 0 saturated carbocycles. The van der Waals surface area contributed by atoms with Crippen molar-refractivity contribution in [2.75, 3.05) is 19.0 Å². The van der Waals surface area contributed by atoms with Gasteiger partial charge in [-0.25, -0.2) is 9.97 Å². The van der Waals surface area contributed by atoms with Crippen molar-refractivity contribution in [3.05, 3.63) is 66.5 Å². The van der Waals surface area contributed by atoms with Crippen LogP contribution in [0.25, 0.3) is 11.1 Å². The second-order valence-electron chi connectivity index (χ2n) is 7.64. The minimum atomic E-state index is -0.554. The maximum absolute atomic E-state index is 13.0. The van der Waals surface area contributed by atoms with Crippen LogP contribution in [0.5, 0.6) is 5.75 Å². The highest BCUT2D eigenvalue weighted by Gasteiger charge is 2.31. The van der Waals surface area contributed by atoms with Crippen LogP contribution < -0.4 is 15.8 Å². The number of likely N-dealkylation sites (tertiary alicyclic amines) is 1. The Labute approximate surface area is 186 Å². The molecule has 0 aliphatic carbocycles. The number of hydrogen-bond acceptors (Lipinski definition) is 6. The van der Waals surface area contributed by atoms with Crippen LogP contribution >= 0.6 is 0 Å². The lowest BCUT2D eigenvalue weighted by Gasteiger charge is -2.33. The molecule has 1 aromatic heterocycles. The molecular formula is C24H25N5O3. The second kappa shape index (κ2) is 9.47. The molecular weight excluding hydrogens is 406 g/mol. The molecule has 164 valence electrons. The van der Waals surface area contributed by atoms with E-state index in [2.05, 4.69) is 15.3 Å². The summed E-state index contributed by atoms with van der Waals surface area (Å²) in [5, 5.41) is 3.13. The summed E-state index contributed by atoms with van der Waals surface area (Å²) in [6.45, 7) is 0.528. The van der Waals surface area contributed by atoms with E-state index >= 15 is 0 Å². The van der Waals surface area contributed by atoms with Gasteiger partial charge in [0.05, 0.1) is 7.11 Å². The predicted octanol–water partition coefficient (Wildman–Crippen LogP) is 3.38. The third-order valence-electron chi connectivity index (χ3n) is 5.53. The van der Waals surface area contributed by atoms with E-state index in [0.717, 1.165) is 29.7 Å². The number of nitrogens with zero attached hydrogens (tertiary/aromatic N) is 3. The highest BCUT2D eigenvalue weighted by atomic mass is 16.5. The number of nitrogens with one attached hydrogen (secondary N) is 1. The molecule has 2 heterocycles. The van der Waals surface area contributed by atoms with Crippen molar-refractivity contribution in [3.63, 3.8) is 0 Å². The lowest BCUT2D eigenvalue weighted by Crippen LogP contribution is -2.50. The summed E-state index contributed by atoms with van der Waals surface area (Å²) in [6.07, 6.45) is 5.83. The first-order valence-corrected chi connectivity index (χ1v) is 10.5. The van der Waals surface area contributed by atoms with Crippen molar-refractivity contribution in [2.24, 2.45) is 5.73 Å². The molecule has 1 aliphatic heterocycles. The van der Waals surface area contributed by atoms with Crippen LogP contribution in [0, 0.1) is 0 Å². The molecule has 2 aromatic carbocycles. The molecule has 3 N–H and O–H groups in total. The fourth-order valence-electron chi connectivity index (χ4n) is 3.82. The Bertz CT molecular complexity index is 1100. The Hall–Kier alpha value is -3.94. The minimum absolute atomic E-state index is 0.201. The lowest BCUT2D eigenvalue weighted by molar-refractivity contribution is -0.123. The minimum Gasteiger partial charge on any atom is -0.497 e. The van der Waals surface area contributed by atoms with Crippen LogP contribution in [0.3, 0.4) is 0 Å². The zero-order valence-corrected chi connectivity index (χ0v) is 17.8. The third-order valence-corrected chi connectivity index (χ3v) is 5.53. The number of nitrogens with two attached hydrogens (primary N) is 1. The van der Waals surface area contributed by atoms with Crippen molar-refractivity contribution >= 4 is 23.5 Å². The number of piperidine rings is 1. The summed E-state index contributed by atoms with van der Waals surface area (Å²) in [4.78, 5) is 35.1. The SMILES string of the molecule is COc1ccc(-c2cnc(Nc3cccc(C(=O)N4CCCCC4C(N)=O)c3)nc2)cc1. The van der Waals surface area contributed by atoms with Gasteiger partial charge in [0, 0.05) is 35.8 Å². The number of benzene rings is 2. The van der Waals surface area contributed by atoms with Gasteiger partial charge in [0.2, 0.25) is 11.9 Å². The van der Waals surface area contributed by atoms with Crippen LogP contribution in [-0.4, -0.2) is 46.4 Å². The quantitative estimate of drug-likeness (QED) is 0.619. The first-order valence-electron chi connectivity index (χ1n) is 10.5. The number of carbonyl (C=O) groups is 2. The molecule has 2 amide bonds.